The van der Waals surface area contributed by atoms with E-state index >= 15 is 0 Å². The van der Waals surface area contributed by atoms with Crippen LogP contribution in [-0.2, 0) is 23.2 Å². The number of halogens is 6. The number of aliphatic carboxylic acids is 2. The van der Waals surface area contributed by atoms with Crippen LogP contribution in [0.4, 0.5) is 26.3 Å². The van der Waals surface area contributed by atoms with Crippen LogP contribution in [0.3, 0.4) is 0 Å². The monoisotopic (exact) mass is 629 g/mol. The lowest BCUT2D eigenvalue weighted by Crippen LogP contribution is -2.46. The number of piperazine rings is 1. The van der Waals surface area contributed by atoms with E-state index in [1.165, 1.54) is 16.7 Å². The van der Waals surface area contributed by atoms with Gasteiger partial charge in [0.1, 0.15) is 5.69 Å². The van der Waals surface area contributed by atoms with E-state index in [1.54, 1.807) is 0 Å². The van der Waals surface area contributed by atoms with Crippen LogP contribution >= 0.6 is 0 Å². The van der Waals surface area contributed by atoms with Crippen molar-refractivity contribution in [3.05, 3.63) is 71.8 Å². The lowest BCUT2D eigenvalue weighted by molar-refractivity contribution is -0.193. The maximum absolute atomic E-state index is 10.6. The minimum atomic E-state index is -5.08. The molecule has 1 aromatic carbocycles. The smallest absolute Gasteiger partial charge is 0.475 e. The number of likely N-dealkylation sites (N-methyl/N-ethyl adjacent to an activating group) is 1. The van der Waals surface area contributed by atoms with E-state index < -0.39 is 24.3 Å². The average Bonchev–Trinajstić information content (AvgIpc) is 3.55. The molecule has 17 heteroatoms. The summed E-state index contributed by atoms with van der Waals surface area (Å²) in [6, 6.07) is 13.1. The lowest BCUT2D eigenvalue weighted by Gasteiger charge is -2.38. The van der Waals surface area contributed by atoms with Gasteiger partial charge in [-0.25, -0.2) is 14.1 Å². The standard InChI is InChI=1S/C23H27N7.2C2HF3O2/c1-17-4-6-19(7-5-17)20-8-9-21-23(25-26-30(21)15-20)22-16-29(11-10-27(22)2)14-18-12-24-28(3)13-18;2*3-2(4,5)1(6)7/h4-9,12-13,15,22H,10-11,14,16H2,1-3H3;2*(H,6,7). The molecule has 11 nitrogen and oxygen atoms in total. The molecule has 0 aliphatic carbocycles. The predicted octanol–water partition coefficient (Wildman–Crippen LogP) is 4.19. The Morgan fingerprint density at radius 2 is 1.45 bits per heavy atom. The minimum Gasteiger partial charge on any atom is -0.475 e. The van der Waals surface area contributed by atoms with E-state index in [-0.39, 0.29) is 6.04 Å². The molecule has 5 rings (SSSR count). The fourth-order valence-corrected chi connectivity index (χ4v) is 4.25. The van der Waals surface area contributed by atoms with Crippen molar-refractivity contribution in [2.45, 2.75) is 31.9 Å². The van der Waals surface area contributed by atoms with Gasteiger partial charge >= 0.3 is 24.3 Å². The van der Waals surface area contributed by atoms with E-state index in [9.17, 15) is 26.3 Å². The Morgan fingerprint density at radius 3 is 1.98 bits per heavy atom. The first kappa shape index (κ1) is 34.0. The summed E-state index contributed by atoms with van der Waals surface area (Å²) < 4.78 is 67.2. The number of carboxylic acid groups (broad SMARTS) is 2. The summed E-state index contributed by atoms with van der Waals surface area (Å²) in [5.74, 6) is -5.51. The first-order chi connectivity index (χ1) is 20.5. The summed E-state index contributed by atoms with van der Waals surface area (Å²) in [6.07, 6.45) is -4.05. The van der Waals surface area contributed by atoms with Gasteiger partial charge in [0.2, 0.25) is 0 Å². The van der Waals surface area contributed by atoms with Gasteiger partial charge in [0.25, 0.3) is 0 Å². The summed E-state index contributed by atoms with van der Waals surface area (Å²) in [4.78, 5) is 22.7. The molecule has 2 N–H and O–H groups in total. The number of carboxylic acids is 2. The number of aromatic nitrogens is 5. The van der Waals surface area contributed by atoms with Crippen LogP contribution in [0.1, 0.15) is 22.9 Å². The summed E-state index contributed by atoms with van der Waals surface area (Å²) in [6.45, 7) is 5.99. The molecule has 1 aliphatic rings. The highest BCUT2D eigenvalue weighted by Crippen LogP contribution is 2.28. The molecule has 1 aliphatic heterocycles. The number of fused-ring (bicyclic) bond motifs is 1. The van der Waals surface area contributed by atoms with E-state index in [1.807, 2.05) is 22.4 Å². The van der Waals surface area contributed by atoms with Crippen LogP contribution in [0.15, 0.2) is 55.0 Å². The fourth-order valence-electron chi connectivity index (χ4n) is 4.25. The molecule has 0 radical (unpaired) electrons. The van der Waals surface area contributed by atoms with Gasteiger partial charge in [0, 0.05) is 56.7 Å². The van der Waals surface area contributed by atoms with Crippen LogP contribution in [0, 0.1) is 6.92 Å². The van der Waals surface area contributed by atoms with Crippen molar-refractivity contribution in [1.82, 2.24) is 34.4 Å². The summed E-state index contributed by atoms with van der Waals surface area (Å²) in [7, 11) is 4.14. The highest BCUT2D eigenvalue weighted by molar-refractivity contribution is 5.73. The molecule has 1 saturated heterocycles. The fraction of sp³-hybridized carbons (Fsp3) is 0.370. The van der Waals surface area contributed by atoms with Gasteiger partial charge < -0.3 is 10.2 Å². The second-order valence-corrected chi connectivity index (χ2v) is 9.95. The van der Waals surface area contributed by atoms with Gasteiger partial charge in [0.05, 0.1) is 17.8 Å². The van der Waals surface area contributed by atoms with E-state index in [4.69, 9.17) is 19.8 Å². The Hall–Kier alpha value is -4.51. The van der Waals surface area contributed by atoms with Gasteiger partial charge in [-0.05, 0) is 25.6 Å². The first-order valence-electron chi connectivity index (χ1n) is 12.9. The van der Waals surface area contributed by atoms with Crippen molar-refractivity contribution in [2.75, 3.05) is 26.7 Å². The maximum Gasteiger partial charge on any atom is 0.490 e. The van der Waals surface area contributed by atoms with Crippen LogP contribution in [0.5, 0.6) is 0 Å². The molecule has 238 valence electrons. The van der Waals surface area contributed by atoms with Crippen molar-refractivity contribution >= 4 is 17.5 Å². The van der Waals surface area contributed by atoms with Gasteiger partial charge in [-0.3, -0.25) is 14.5 Å². The molecule has 0 amide bonds. The van der Waals surface area contributed by atoms with Crippen LogP contribution < -0.4 is 0 Å². The number of hydrogen-bond donors (Lipinski definition) is 2. The van der Waals surface area contributed by atoms with Gasteiger partial charge in [0.15, 0.2) is 0 Å². The molecule has 0 bridgehead atoms. The topological polar surface area (TPSA) is 129 Å². The number of alkyl halides is 6. The molecule has 4 heterocycles. The van der Waals surface area contributed by atoms with E-state index in [0.717, 1.165) is 43.0 Å². The van der Waals surface area contributed by atoms with E-state index in [0.29, 0.717) is 0 Å². The zero-order chi connectivity index (χ0) is 32.8. The Labute approximate surface area is 246 Å². The molecule has 1 fully saturated rings. The minimum absolute atomic E-state index is 0.221. The van der Waals surface area contributed by atoms with Gasteiger partial charge in [-0.2, -0.15) is 31.4 Å². The third-order valence-electron chi connectivity index (χ3n) is 6.52. The second kappa shape index (κ2) is 13.9. The lowest BCUT2D eigenvalue weighted by atomic mass is 10.0. The van der Waals surface area contributed by atoms with Gasteiger partial charge in [-0.1, -0.05) is 41.1 Å². The molecule has 3 aromatic heterocycles. The molecule has 1 unspecified atom stereocenters. The van der Waals surface area contributed by atoms with Crippen molar-refractivity contribution in [3.63, 3.8) is 0 Å². The zero-order valence-electron chi connectivity index (χ0n) is 23.7. The highest BCUT2D eigenvalue weighted by Gasteiger charge is 2.39. The molecule has 1 atom stereocenters. The Bertz CT molecular complexity index is 1540. The number of benzene rings is 1. The molecule has 44 heavy (non-hydrogen) atoms. The summed E-state index contributed by atoms with van der Waals surface area (Å²) in [5, 5.41) is 27.6. The largest absolute Gasteiger partial charge is 0.490 e. The maximum atomic E-state index is 10.6. The van der Waals surface area contributed by atoms with Crippen LogP contribution in [0.2, 0.25) is 0 Å². The van der Waals surface area contributed by atoms with Crippen molar-refractivity contribution < 1.29 is 46.1 Å². The number of carbonyl (C=O) groups is 2. The number of aryl methyl sites for hydroxylation is 2. The predicted molar refractivity (Wildman–Crippen MR) is 144 cm³/mol. The number of pyridine rings is 1. The van der Waals surface area contributed by atoms with Gasteiger partial charge in [-0.15, -0.1) is 5.10 Å². The number of hydrogen-bond acceptors (Lipinski definition) is 7. The Morgan fingerprint density at radius 1 is 0.886 bits per heavy atom. The molecule has 0 saturated carbocycles. The second-order valence-electron chi connectivity index (χ2n) is 9.95. The zero-order valence-corrected chi connectivity index (χ0v) is 23.7. The Balaban J connectivity index is 0.000000317. The molecular weight excluding hydrogens is 600 g/mol. The number of nitrogens with zero attached hydrogens (tertiary/aromatic N) is 7. The normalized spacial score (nSPS) is 16.1. The average molecular weight is 630 g/mol. The summed E-state index contributed by atoms with van der Waals surface area (Å²) >= 11 is 0. The quantitative estimate of drug-likeness (QED) is 0.319. The van der Waals surface area contributed by atoms with Crippen molar-refractivity contribution in [3.8, 4) is 11.1 Å². The molecular formula is C27H29F6N7O4. The SMILES string of the molecule is Cc1ccc(-c2ccc3c(C4CN(Cc5cnn(C)c5)CCN4C)nnn3c2)cc1.O=C(O)C(F)(F)F.O=C(O)C(F)(F)F. The molecule has 4 aromatic rings. The Kier molecular flexibility index (Phi) is 10.7. The van der Waals surface area contributed by atoms with Crippen LogP contribution in [-0.4, -0.2) is 95.6 Å². The third kappa shape index (κ3) is 9.24. The first-order valence-corrected chi connectivity index (χ1v) is 12.9. The van der Waals surface area contributed by atoms with E-state index in [2.05, 4.69) is 88.0 Å². The highest BCUT2D eigenvalue weighted by atomic mass is 19.4. The third-order valence-corrected chi connectivity index (χ3v) is 6.52. The summed E-state index contributed by atoms with van der Waals surface area (Å²) in [5.41, 5.74) is 6.97. The number of rotatable bonds is 4. The van der Waals surface area contributed by atoms with Crippen molar-refractivity contribution in [2.24, 2.45) is 7.05 Å². The van der Waals surface area contributed by atoms with Crippen molar-refractivity contribution in [1.29, 1.82) is 0 Å². The van der Waals surface area contributed by atoms with Crippen LogP contribution in [0.25, 0.3) is 16.6 Å². The molecule has 0 spiro atoms.